The number of nitrogens with two attached hydrogens (primary N) is 1. The second-order valence-corrected chi connectivity index (χ2v) is 5.90. The molecular weight excluding hydrogens is 379 g/mol. The molecular formula is C14H11BrCl2N2O2. The second-order valence-electron chi connectivity index (χ2n) is 4.20. The molecule has 21 heavy (non-hydrogen) atoms. The first-order valence-electron chi connectivity index (χ1n) is 5.81. The molecule has 2 aromatic carbocycles. The van der Waals surface area contributed by atoms with Crippen molar-refractivity contribution >= 4 is 56.4 Å². The Morgan fingerprint density at radius 2 is 1.95 bits per heavy atom. The van der Waals surface area contributed by atoms with Crippen molar-refractivity contribution in [3.05, 3.63) is 50.4 Å². The lowest BCUT2D eigenvalue weighted by atomic mass is 10.1. The van der Waals surface area contributed by atoms with Gasteiger partial charge < -0.3 is 15.8 Å². The Bertz CT molecular complexity index is 708. The number of carbonyl (C=O) groups is 1. The largest absolute Gasteiger partial charge is 0.497 e. The van der Waals surface area contributed by atoms with Crippen LogP contribution in [0.25, 0.3) is 0 Å². The minimum Gasteiger partial charge on any atom is -0.497 e. The summed E-state index contributed by atoms with van der Waals surface area (Å²) < 4.78 is 5.91. The molecule has 0 aliphatic rings. The molecule has 3 N–H and O–H groups in total. The number of carbonyl (C=O) groups excluding carboxylic acids is 1. The maximum Gasteiger partial charge on any atom is 0.257 e. The molecule has 0 aliphatic heterocycles. The molecule has 0 heterocycles. The van der Waals surface area contributed by atoms with E-state index in [2.05, 4.69) is 21.2 Å². The Morgan fingerprint density at radius 3 is 2.62 bits per heavy atom. The van der Waals surface area contributed by atoms with E-state index in [1.165, 1.54) is 12.1 Å². The summed E-state index contributed by atoms with van der Waals surface area (Å²) in [5.74, 6) is 0.200. The molecule has 0 bridgehead atoms. The standard InChI is InChI=1S/C14H11BrCl2N2O2/c1-21-10-3-7(15)2-9(6-10)19-14(20)11-4-8(18)5-12(16)13(11)17/h2-6H,18H2,1H3,(H,19,20). The van der Waals surface area contributed by atoms with Gasteiger partial charge in [-0.15, -0.1) is 0 Å². The van der Waals surface area contributed by atoms with Crippen LogP contribution in [0.2, 0.25) is 10.0 Å². The van der Waals surface area contributed by atoms with Crippen LogP contribution in [0.1, 0.15) is 10.4 Å². The highest BCUT2D eigenvalue weighted by atomic mass is 79.9. The van der Waals surface area contributed by atoms with Gasteiger partial charge in [0.05, 0.1) is 22.7 Å². The quantitative estimate of drug-likeness (QED) is 0.754. The third-order valence-electron chi connectivity index (χ3n) is 2.66. The Kier molecular flexibility index (Phi) is 4.98. The van der Waals surface area contributed by atoms with Crippen LogP contribution >= 0.6 is 39.1 Å². The van der Waals surface area contributed by atoms with Gasteiger partial charge >= 0.3 is 0 Å². The van der Waals surface area contributed by atoms with Crippen molar-refractivity contribution in [2.75, 3.05) is 18.2 Å². The molecule has 0 atom stereocenters. The first-order chi connectivity index (χ1) is 9.90. The minimum atomic E-state index is -0.408. The number of halogens is 3. The van der Waals surface area contributed by atoms with Gasteiger partial charge in [-0.1, -0.05) is 39.1 Å². The summed E-state index contributed by atoms with van der Waals surface area (Å²) in [7, 11) is 1.54. The highest BCUT2D eigenvalue weighted by molar-refractivity contribution is 9.10. The van der Waals surface area contributed by atoms with Crippen LogP contribution in [-0.4, -0.2) is 13.0 Å². The molecule has 1 amide bonds. The summed E-state index contributed by atoms with van der Waals surface area (Å²) in [4.78, 5) is 12.3. The highest BCUT2D eigenvalue weighted by Crippen LogP contribution is 2.30. The molecule has 0 spiro atoms. The average Bonchev–Trinajstić information content (AvgIpc) is 2.41. The van der Waals surface area contributed by atoms with Gasteiger partial charge in [0.15, 0.2) is 0 Å². The van der Waals surface area contributed by atoms with Crippen LogP contribution in [0, 0.1) is 0 Å². The predicted molar refractivity (Wildman–Crippen MR) is 89.5 cm³/mol. The summed E-state index contributed by atoms with van der Waals surface area (Å²) in [6.45, 7) is 0. The molecule has 0 aromatic heterocycles. The Labute approximate surface area is 140 Å². The van der Waals surface area contributed by atoms with E-state index in [-0.39, 0.29) is 15.6 Å². The predicted octanol–water partition coefficient (Wildman–Crippen LogP) is 4.60. The fourth-order valence-corrected chi connectivity index (χ4v) is 2.62. The second kappa shape index (κ2) is 6.56. The molecule has 110 valence electrons. The summed E-state index contributed by atoms with van der Waals surface area (Å²) in [5.41, 5.74) is 6.81. The van der Waals surface area contributed by atoms with Crippen LogP contribution in [0.5, 0.6) is 5.75 Å². The number of rotatable bonds is 3. The number of nitrogen functional groups attached to an aromatic ring is 1. The Hall–Kier alpha value is -1.43. The third-order valence-corrected chi connectivity index (χ3v) is 3.92. The van der Waals surface area contributed by atoms with E-state index in [4.69, 9.17) is 33.7 Å². The van der Waals surface area contributed by atoms with Crippen molar-refractivity contribution in [1.29, 1.82) is 0 Å². The van der Waals surface area contributed by atoms with E-state index in [1.54, 1.807) is 25.3 Å². The van der Waals surface area contributed by atoms with Gasteiger partial charge in [0.2, 0.25) is 0 Å². The van der Waals surface area contributed by atoms with Gasteiger partial charge in [-0.05, 0) is 24.3 Å². The molecule has 0 saturated heterocycles. The number of nitrogens with one attached hydrogen (secondary N) is 1. The number of hydrogen-bond acceptors (Lipinski definition) is 3. The first-order valence-corrected chi connectivity index (χ1v) is 7.36. The van der Waals surface area contributed by atoms with Gasteiger partial charge in [0, 0.05) is 21.9 Å². The molecule has 0 fully saturated rings. The van der Waals surface area contributed by atoms with E-state index in [0.717, 1.165) is 4.47 Å². The van der Waals surface area contributed by atoms with E-state index in [9.17, 15) is 4.79 Å². The zero-order chi connectivity index (χ0) is 15.6. The van der Waals surface area contributed by atoms with Crippen molar-refractivity contribution in [1.82, 2.24) is 0 Å². The maximum atomic E-state index is 12.3. The molecule has 7 heteroatoms. The van der Waals surface area contributed by atoms with E-state index < -0.39 is 5.91 Å². The van der Waals surface area contributed by atoms with E-state index in [0.29, 0.717) is 17.1 Å². The molecule has 4 nitrogen and oxygen atoms in total. The number of hydrogen-bond donors (Lipinski definition) is 2. The molecule has 2 aromatic rings. The topological polar surface area (TPSA) is 64.3 Å². The van der Waals surface area contributed by atoms with Crippen LogP contribution in [-0.2, 0) is 0 Å². The number of anilines is 2. The fourth-order valence-electron chi connectivity index (χ4n) is 1.73. The zero-order valence-electron chi connectivity index (χ0n) is 10.9. The lowest BCUT2D eigenvalue weighted by molar-refractivity contribution is 0.102. The average molecular weight is 390 g/mol. The summed E-state index contributed by atoms with van der Waals surface area (Å²) in [6.07, 6.45) is 0. The van der Waals surface area contributed by atoms with Gasteiger partial charge in [0.25, 0.3) is 5.91 Å². The van der Waals surface area contributed by atoms with Gasteiger partial charge in [-0.3, -0.25) is 4.79 Å². The highest BCUT2D eigenvalue weighted by Gasteiger charge is 2.15. The monoisotopic (exact) mass is 388 g/mol. The molecule has 0 unspecified atom stereocenters. The van der Waals surface area contributed by atoms with Crippen molar-refractivity contribution < 1.29 is 9.53 Å². The Balaban J connectivity index is 2.32. The Morgan fingerprint density at radius 1 is 1.24 bits per heavy atom. The third kappa shape index (κ3) is 3.81. The van der Waals surface area contributed by atoms with Crippen LogP contribution in [0.4, 0.5) is 11.4 Å². The first kappa shape index (κ1) is 15.9. The smallest absolute Gasteiger partial charge is 0.257 e. The van der Waals surface area contributed by atoms with Gasteiger partial charge in [-0.2, -0.15) is 0 Å². The van der Waals surface area contributed by atoms with Crippen molar-refractivity contribution in [2.24, 2.45) is 0 Å². The summed E-state index contributed by atoms with van der Waals surface area (Å²) >= 11 is 15.3. The number of benzene rings is 2. The van der Waals surface area contributed by atoms with E-state index in [1.807, 2.05) is 0 Å². The molecule has 0 aliphatic carbocycles. The van der Waals surface area contributed by atoms with Crippen molar-refractivity contribution in [3.63, 3.8) is 0 Å². The van der Waals surface area contributed by atoms with Crippen LogP contribution in [0.15, 0.2) is 34.8 Å². The minimum absolute atomic E-state index is 0.158. The molecule has 2 rings (SSSR count). The van der Waals surface area contributed by atoms with Gasteiger partial charge in [0.1, 0.15) is 5.75 Å². The summed E-state index contributed by atoms with van der Waals surface area (Å²) in [5, 5.41) is 3.11. The SMILES string of the molecule is COc1cc(Br)cc(NC(=O)c2cc(N)cc(Cl)c2Cl)c1. The van der Waals surface area contributed by atoms with Crippen molar-refractivity contribution in [2.45, 2.75) is 0 Å². The number of ether oxygens (including phenoxy) is 1. The zero-order valence-corrected chi connectivity index (χ0v) is 14.0. The maximum absolute atomic E-state index is 12.3. The van der Waals surface area contributed by atoms with E-state index >= 15 is 0 Å². The van der Waals surface area contributed by atoms with Gasteiger partial charge in [-0.25, -0.2) is 0 Å². The molecule has 0 radical (unpaired) electrons. The van der Waals surface area contributed by atoms with Crippen LogP contribution in [0.3, 0.4) is 0 Å². The number of methoxy groups -OCH3 is 1. The summed E-state index contributed by atoms with van der Waals surface area (Å²) in [6, 6.07) is 8.16. The lowest BCUT2D eigenvalue weighted by Gasteiger charge is -2.10. The molecule has 0 saturated carbocycles. The normalized spacial score (nSPS) is 10.3. The fraction of sp³-hybridized carbons (Fsp3) is 0.0714. The number of amides is 1. The van der Waals surface area contributed by atoms with Crippen molar-refractivity contribution in [3.8, 4) is 5.75 Å². The van der Waals surface area contributed by atoms with Crippen LogP contribution < -0.4 is 15.8 Å². The lowest BCUT2D eigenvalue weighted by Crippen LogP contribution is -2.13.